The fourth-order valence-electron chi connectivity index (χ4n) is 2.11. The molecule has 0 saturated heterocycles. The van der Waals surface area contributed by atoms with Crippen LogP contribution in [0.2, 0.25) is 0 Å². The first-order chi connectivity index (χ1) is 6.38. The summed E-state index contributed by atoms with van der Waals surface area (Å²) < 4.78 is 0. The molecule has 0 aliphatic heterocycles. The largest absolute Gasteiger partial charge is 0.298 e. The molecular formula is C12H10O. The number of carbonyl (C=O) groups is 1. The second kappa shape index (κ2) is 2.32. The van der Waals surface area contributed by atoms with Crippen molar-refractivity contribution in [1.82, 2.24) is 0 Å². The summed E-state index contributed by atoms with van der Waals surface area (Å²) in [5, 5.41) is 2.39. The molecular weight excluding hydrogens is 160 g/mol. The van der Waals surface area contributed by atoms with Gasteiger partial charge >= 0.3 is 0 Å². The molecule has 2 aliphatic carbocycles. The first-order valence-electron chi connectivity index (χ1n) is 4.66. The highest BCUT2D eigenvalue weighted by atomic mass is 16.1. The molecule has 3 rings (SSSR count). The fraction of sp³-hybridized carbons (Fsp3) is 0.250. The Morgan fingerprint density at radius 1 is 1.23 bits per heavy atom. The molecule has 0 amide bonds. The van der Waals surface area contributed by atoms with Gasteiger partial charge in [0.25, 0.3) is 0 Å². The van der Waals surface area contributed by atoms with Gasteiger partial charge in [-0.25, -0.2) is 0 Å². The molecule has 64 valence electrons. The van der Waals surface area contributed by atoms with Crippen LogP contribution in [0.15, 0.2) is 18.2 Å². The van der Waals surface area contributed by atoms with E-state index in [2.05, 4.69) is 18.2 Å². The van der Waals surface area contributed by atoms with Gasteiger partial charge in [-0.1, -0.05) is 30.4 Å². The lowest BCUT2D eigenvalue weighted by Crippen LogP contribution is -2.30. The van der Waals surface area contributed by atoms with E-state index >= 15 is 0 Å². The van der Waals surface area contributed by atoms with Gasteiger partial charge in [0.2, 0.25) is 0 Å². The third kappa shape index (κ3) is 0.966. The molecule has 0 aromatic heterocycles. The molecule has 1 heteroatoms. The van der Waals surface area contributed by atoms with Crippen molar-refractivity contribution in [1.29, 1.82) is 0 Å². The first-order valence-corrected chi connectivity index (χ1v) is 4.66. The summed E-state index contributed by atoms with van der Waals surface area (Å²) in [6, 6.07) is 5.93. The van der Waals surface area contributed by atoms with E-state index in [0.29, 0.717) is 5.92 Å². The van der Waals surface area contributed by atoms with Crippen molar-refractivity contribution < 1.29 is 4.79 Å². The first kappa shape index (κ1) is 7.07. The summed E-state index contributed by atoms with van der Waals surface area (Å²) in [6.45, 7) is 0. The van der Waals surface area contributed by atoms with Gasteiger partial charge < -0.3 is 0 Å². The number of fused-ring (bicyclic) bond motifs is 2. The van der Waals surface area contributed by atoms with E-state index < -0.39 is 0 Å². The Morgan fingerprint density at radius 3 is 2.92 bits per heavy atom. The van der Waals surface area contributed by atoms with Gasteiger partial charge in [-0.3, -0.25) is 4.79 Å². The molecule has 13 heavy (non-hydrogen) atoms. The van der Waals surface area contributed by atoms with Crippen LogP contribution in [-0.2, 0) is 0 Å². The second-order valence-corrected chi connectivity index (χ2v) is 3.86. The number of hydrogen-bond donors (Lipinski definition) is 0. The summed E-state index contributed by atoms with van der Waals surface area (Å²) >= 11 is 0. The average molecular weight is 170 g/mol. The standard InChI is InChI=1S/C12H10O/c13-7-9-3-1-2-8-4-10-5-11(10)6-12(8)9/h1-4,6-7,10-11H,5H2. The van der Waals surface area contributed by atoms with Crippen LogP contribution in [-0.4, -0.2) is 6.29 Å². The number of hydrogen-bond acceptors (Lipinski definition) is 1. The van der Waals surface area contributed by atoms with Crippen LogP contribution in [0.1, 0.15) is 16.8 Å². The van der Waals surface area contributed by atoms with Crippen LogP contribution >= 0.6 is 0 Å². The lowest BCUT2D eigenvalue weighted by atomic mass is 10.0. The van der Waals surface area contributed by atoms with Gasteiger partial charge in [-0.2, -0.15) is 0 Å². The Kier molecular flexibility index (Phi) is 1.26. The Morgan fingerprint density at radius 2 is 2.08 bits per heavy atom. The van der Waals surface area contributed by atoms with Crippen molar-refractivity contribution in [2.24, 2.45) is 11.8 Å². The minimum Gasteiger partial charge on any atom is -0.298 e. The number of rotatable bonds is 1. The van der Waals surface area contributed by atoms with Crippen molar-refractivity contribution in [3.63, 3.8) is 0 Å². The second-order valence-electron chi connectivity index (χ2n) is 3.86. The van der Waals surface area contributed by atoms with E-state index in [1.54, 1.807) is 0 Å². The lowest BCUT2D eigenvalue weighted by molar-refractivity contribution is 0.112. The van der Waals surface area contributed by atoms with Crippen molar-refractivity contribution in [3.05, 3.63) is 34.2 Å². The Bertz CT molecular complexity index is 484. The van der Waals surface area contributed by atoms with E-state index in [9.17, 15) is 4.79 Å². The van der Waals surface area contributed by atoms with Crippen molar-refractivity contribution in [3.8, 4) is 0 Å². The number of carbonyl (C=O) groups excluding carboxylic acids is 1. The zero-order valence-corrected chi connectivity index (χ0v) is 7.23. The van der Waals surface area contributed by atoms with Crippen LogP contribution in [0.25, 0.3) is 12.2 Å². The van der Waals surface area contributed by atoms with Crippen LogP contribution < -0.4 is 10.4 Å². The van der Waals surface area contributed by atoms with Gasteiger partial charge in [0.1, 0.15) is 0 Å². The smallest absolute Gasteiger partial charge is 0.150 e. The molecule has 0 heterocycles. The third-order valence-electron chi connectivity index (χ3n) is 2.97. The predicted molar refractivity (Wildman–Crippen MR) is 51.6 cm³/mol. The minimum atomic E-state index is 0.716. The summed E-state index contributed by atoms with van der Waals surface area (Å²) in [4.78, 5) is 10.8. The number of benzene rings is 1. The zero-order chi connectivity index (χ0) is 8.84. The highest BCUT2D eigenvalue weighted by molar-refractivity contribution is 5.76. The fourth-order valence-corrected chi connectivity index (χ4v) is 2.11. The molecule has 1 aromatic rings. The van der Waals surface area contributed by atoms with Crippen LogP contribution in [0, 0.1) is 11.8 Å². The van der Waals surface area contributed by atoms with Crippen molar-refractivity contribution in [2.45, 2.75) is 6.42 Å². The highest BCUT2D eigenvalue weighted by Crippen LogP contribution is 2.41. The van der Waals surface area contributed by atoms with E-state index in [0.717, 1.165) is 23.0 Å². The molecule has 0 spiro atoms. The monoisotopic (exact) mass is 170 g/mol. The average Bonchev–Trinajstić information content (AvgIpc) is 2.91. The van der Waals surface area contributed by atoms with Gasteiger partial charge in [-0.05, 0) is 28.7 Å². The maximum atomic E-state index is 10.8. The SMILES string of the molecule is O=Cc1cccc2c1=CC1CC1C=2. The molecule has 2 atom stereocenters. The van der Waals surface area contributed by atoms with E-state index in [1.165, 1.54) is 11.6 Å². The summed E-state index contributed by atoms with van der Waals surface area (Å²) in [5.74, 6) is 1.48. The molecule has 2 aliphatic rings. The molecule has 1 nitrogen and oxygen atoms in total. The highest BCUT2D eigenvalue weighted by Gasteiger charge is 2.34. The summed E-state index contributed by atoms with van der Waals surface area (Å²) in [7, 11) is 0. The summed E-state index contributed by atoms with van der Waals surface area (Å²) in [6.07, 6.45) is 6.77. The quantitative estimate of drug-likeness (QED) is 0.567. The molecule has 1 saturated carbocycles. The third-order valence-corrected chi connectivity index (χ3v) is 2.97. The normalized spacial score (nSPS) is 27.7. The van der Waals surface area contributed by atoms with Gasteiger partial charge in [0.15, 0.2) is 6.29 Å². The Balaban J connectivity index is 2.41. The molecule has 1 fully saturated rings. The molecule has 0 bridgehead atoms. The van der Waals surface area contributed by atoms with Crippen molar-refractivity contribution in [2.75, 3.05) is 0 Å². The van der Waals surface area contributed by atoms with Crippen LogP contribution in [0.3, 0.4) is 0 Å². The van der Waals surface area contributed by atoms with Crippen LogP contribution in [0.5, 0.6) is 0 Å². The van der Waals surface area contributed by atoms with Crippen molar-refractivity contribution >= 4 is 18.4 Å². The predicted octanol–water partition coefficient (Wildman–Crippen LogP) is 0.710. The maximum Gasteiger partial charge on any atom is 0.150 e. The van der Waals surface area contributed by atoms with Crippen LogP contribution in [0.4, 0.5) is 0 Å². The van der Waals surface area contributed by atoms with Gasteiger partial charge in [0.05, 0.1) is 0 Å². The Hall–Kier alpha value is -1.37. The maximum absolute atomic E-state index is 10.8. The van der Waals surface area contributed by atoms with E-state index in [1.807, 2.05) is 12.1 Å². The zero-order valence-electron chi connectivity index (χ0n) is 7.23. The number of aldehydes is 1. The summed E-state index contributed by atoms with van der Waals surface area (Å²) in [5.41, 5.74) is 0.833. The topological polar surface area (TPSA) is 17.1 Å². The molecule has 2 unspecified atom stereocenters. The van der Waals surface area contributed by atoms with E-state index in [-0.39, 0.29) is 0 Å². The van der Waals surface area contributed by atoms with E-state index in [4.69, 9.17) is 0 Å². The lowest BCUT2D eigenvalue weighted by Gasteiger charge is -2.00. The van der Waals surface area contributed by atoms with Gasteiger partial charge in [0, 0.05) is 5.56 Å². The molecule has 0 radical (unpaired) electrons. The Labute approximate surface area is 76.4 Å². The van der Waals surface area contributed by atoms with Gasteiger partial charge in [-0.15, -0.1) is 0 Å². The molecule has 0 N–H and O–H groups in total. The molecule has 1 aromatic carbocycles. The minimum absolute atomic E-state index is 0.716.